The summed E-state index contributed by atoms with van der Waals surface area (Å²) in [5, 5.41) is 3.31. The van der Waals surface area contributed by atoms with Crippen LogP contribution in [0.5, 0.6) is 0 Å². The third-order valence-electron chi connectivity index (χ3n) is 3.09. The molecule has 1 aromatic rings. The zero-order valence-corrected chi connectivity index (χ0v) is 14.6. The number of rotatable bonds is 5. The van der Waals surface area contributed by atoms with Crippen molar-refractivity contribution in [1.29, 1.82) is 0 Å². The lowest BCUT2D eigenvalue weighted by Gasteiger charge is -2.22. The maximum absolute atomic E-state index is 12.3. The Hall–Kier alpha value is -1.55. The fourth-order valence-electron chi connectivity index (χ4n) is 2.00. The van der Waals surface area contributed by atoms with Crippen molar-refractivity contribution < 1.29 is 14.3 Å². The number of ketones is 1. The Morgan fingerprint density at radius 1 is 1.32 bits per heavy atom. The smallest absolute Gasteiger partial charge is 0.408 e. The molecule has 5 heteroatoms. The summed E-state index contributed by atoms with van der Waals surface area (Å²) in [5.41, 5.74) is 1.23. The van der Waals surface area contributed by atoms with Crippen molar-refractivity contribution in [1.82, 2.24) is 5.32 Å². The molecule has 0 spiro atoms. The first-order chi connectivity index (χ1) is 10.1. The number of carbonyl (C=O) groups excluding carboxylic acids is 2. The van der Waals surface area contributed by atoms with E-state index < -0.39 is 17.7 Å². The van der Waals surface area contributed by atoms with Crippen LogP contribution < -0.4 is 5.32 Å². The highest BCUT2D eigenvalue weighted by Crippen LogP contribution is 2.17. The summed E-state index contributed by atoms with van der Waals surface area (Å²) in [6.07, 6.45) is 0.205. The van der Waals surface area contributed by atoms with Crippen LogP contribution >= 0.6 is 11.6 Å². The van der Waals surface area contributed by atoms with Gasteiger partial charge in [-0.3, -0.25) is 4.79 Å². The number of hydrogen-bond acceptors (Lipinski definition) is 3. The van der Waals surface area contributed by atoms with E-state index in [2.05, 4.69) is 5.32 Å². The van der Waals surface area contributed by atoms with Gasteiger partial charge in [0.2, 0.25) is 0 Å². The van der Waals surface area contributed by atoms with E-state index >= 15 is 0 Å². The second kappa shape index (κ2) is 7.63. The van der Waals surface area contributed by atoms with Gasteiger partial charge in [0.25, 0.3) is 0 Å². The minimum absolute atomic E-state index is 0.0462. The summed E-state index contributed by atoms with van der Waals surface area (Å²) in [4.78, 5) is 24.1. The molecular formula is C17H24ClNO3. The molecule has 1 aromatic carbocycles. The van der Waals surface area contributed by atoms with E-state index in [1.165, 1.54) is 0 Å². The molecule has 0 heterocycles. The predicted octanol–water partition coefficient (Wildman–Crippen LogP) is 4.06. The molecule has 0 aliphatic rings. The van der Waals surface area contributed by atoms with Crippen LogP contribution in [-0.4, -0.2) is 23.5 Å². The number of aryl methyl sites for hydroxylation is 1. The molecular weight excluding hydrogens is 302 g/mol. The normalized spacial score (nSPS) is 12.6. The molecule has 1 N–H and O–H groups in total. The fourth-order valence-corrected chi connectivity index (χ4v) is 2.12. The molecule has 4 nitrogen and oxygen atoms in total. The molecule has 1 amide bonds. The average Bonchev–Trinajstić information content (AvgIpc) is 2.38. The van der Waals surface area contributed by atoms with Gasteiger partial charge in [0.05, 0.1) is 6.04 Å². The molecule has 0 saturated carbocycles. The van der Waals surface area contributed by atoms with Crippen molar-refractivity contribution in [2.75, 3.05) is 0 Å². The van der Waals surface area contributed by atoms with Crippen LogP contribution in [0.1, 0.15) is 45.2 Å². The molecule has 0 aliphatic heterocycles. The van der Waals surface area contributed by atoms with E-state index in [1.807, 2.05) is 26.0 Å². The molecule has 0 unspecified atom stereocenters. The molecule has 22 heavy (non-hydrogen) atoms. The summed E-state index contributed by atoms with van der Waals surface area (Å²) in [6.45, 7) is 9.10. The Morgan fingerprint density at radius 2 is 1.95 bits per heavy atom. The monoisotopic (exact) mass is 325 g/mol. The Labute approximate surface area is 137 Å². The number of alkyl carbamates (subject to hydrolysis) is 1. The zero-order chi connectivity index (χ0) is 16.9. The van der Waals surface area contributed by atoms with Crippen LogP contribution in [0, 0.1) is 6.92 Å². The van der Waals surface area contributed by atoms with Crippen LogP contribution in [-0.2, 0) is 16.0 Å². The standard InChI is InChI=1S/C17H24ClNO3/c1-6-14(19-16(21)22-17(3,4)5)15(20)10-12-7-8-13(18)11(2)9-12/h7-9,14H,6,10H2,1-5H3,(H,19,21)/t14-/m1/s1. The third-order valence-corrected chi connectivity index (χ3v) is 3.51. The number of Topliss-reactive ketones (excluding diaryl/α,β-unsaturated/α-hetero) is 1. The number of amides is 1. The summed E-state index contributed by atoms with van der Waals surface area (Å²) in [7, 11) is 0. The van der Waals surface area contributed by atoms with E-state index in [0.717, 1.165) is 11.1 Å². The number of ether oxygens (including phenoxy) is 1. The fraction of sp³-hybridized carbons (Fsp3) is 0.529. The Kier molecular flexibility index (Phi) is 6.42. The van der Waals surface area contributed by atoms with Gasteiger partial charge in [-0.15, -0.1) is 0 Å². The van der Waals surface area contributed by atoms with Gasteiger partial charge in [0.15, 0.2) is 5.78 Å². The first-order valence-corrected chi connectivity index (χ1v) is 7.77. The van der Waals surface area contributed by atoms with Gasteiger partial charge in [-0.05, 0) is 51.3 Å². The van der Waals surface area contributed by atoms with Crippen molar-refractivity contribution in [2.45, 2.75) is 59.1 Å². The first kappa shape index (κ1) is 18.5. The molecule has 122 valence electrons. The largest absolute Gasteiger partial charge is 0.444 e. The molecule has 0 saturated heterocycles. The maximum Gasteiger partial charge on any atom is 0.408 e. The van der Waals surface area contributed by atoms with Crippen LogP contribution in [0.15, 0.2) is 18.2 Å². The lowest BCUT2D eigenvalue weighted by Crippen LogP contribution is -2.43. The highest BCUT2D eigenvalue weighted by molar-refractivity contribution is 6.31. The maximum atomic E-state index is 12.3. The highest BCUT2D eigenvalue weighted by Gasteiger charge is 2.23. The minimum Gasteiger partial charge on any atom is -0.444 e. The number of carbonyl (C=O) groups is 2. The number of halogens is 1. The van der Waals surface area contributed by atoms with Gasteiger partial charge in [-0.1, -0.05) is 30.7 Å². The zero-order valence-electron chi connectivity index (χ0n) is 13.8. The van der Waals surface area contributed by atoms with Gasteiger partial charge >= 0.3 is 6.09 Å². The number of hydrogen-bond donors (Lipinski definition) is 1. The first-order valence-electron chi connectivity index (χ1n) is 7.39. The number of benzene rings is 1. The van der Waals surface area contributed by atoms with Gasteiger partial charge in [-0.2, -0.15) is 0 Å². The third kappa shape index (κ3) is 6.06. The molecule has 0 aromatic heterocycles. The van der Waals surface area contributed by atoms with Crippen molar-refractivity contribution in [2.24, 2.45) is 0 Å². The predicted molar refractivity (Wildman–Crippen MR) is 88.3 cm³/mol. The van der Waals surface area contributed by atoms with Crippen molar-refractivity contribution in [3.63, 3.8) is 0 Å². The van der Waals surface area contributed by atoms with Crippen molar-refractivity contribution in [3.8, 4) is 0 Å². The SMILES string of the molecule is CC[C@@H](NC(=O)OC(C)(C)C)C(=O)Cc1ccc(Cl)c(C)c1. The van der Waals surface area contributed by atoms with Crippen molar-refractivity contribution in [3.05, 3.63) is 34.3 Å². The molecule has 1 rings (SSSR count). The van der Waals surface area contributed by atoms with Crippen molar-refractivity contribution >= 4 is 23.5 Å². The molecule has 0 bridgehead atoms. The van der Waals surface area contributed by atoms with E-state index in [9.17, 15) is 9.59 Å². The quantitative estimate of drug-likeness (QED) is 0.888. The van der Waals surface area contributed by atoms with E-state index in [4.69, 9.17) is 16.3 Å². The second-order valence-electron chi connectivity index (χ2n) is 6.33. The van der Waals surface area contributed by atoms with E-state index in [1.54, 1.807) is 26.8 Å². The summed E-state index contributed by atoms with van der Waals surface area (Å²) in [6, 6.07) is 4.95. The average molecular weight is 326 g/mol. The van der Waals surface area contributed by atoms with E-state index in [0.29, 0.717) is 11.4 Å². The van der Waals surface area contributed by atoms with Crippen LogP contribution in [0.3, 0.4) is 0 Å². The second-order valence-corrected chi connectivity index (χ2v) is 6.74. The lowest BCUT2D eigenvalue weighted by atomic mass is 10.0. The topological polar surface area (TPSA) is 55.4 Å². The highest BCUT2D eigenvalue weighted by atomic mass is 35.5. The minimum atomic E-state index is -0.585. The molecule has 0 fully saturated rings. The number of nitrogens with one attached hydrogen (secondary N) is 1. The summed E-state index contributed by atoms with van der Waals surface area (Å²) < 4.78 is 5.19. The summed E-state index contributed by atoms with van der Waals surface area (Å²) >= 11 is 5.98. The summed E-state index contributed by atoms with van der Waals surface area (Å²) in [5.74, 6) is -0.0462. The lowest BCUT2D eigenvalue weighted by molar-refractivity contribution is -0.120. The van der Waals surface area contributed by atoms with Crippen LogP contribution in [0.4, 0.5) is 4.79 Å². The van der Waals surface area contributed by atoms with Gasteiger partial charge in [0, 0.05) is 11.4 Å². The van der Waals surface area contributed by atoms with Gasteiger partial charge < -0.3 is 10.1 Å². The van der Waals surface area contributed by atoms with Crippen LogP contribution in [0.25, 0.3) is 0 Å². The Morgan fingerprint density at radius 3 is 2.45 bits per heavy atom. The molecule has 0 aliphatic carbocycles. The molecule has 1 atom stereocenters. The van der Waals surface area contributed by atoms with Gasteiger partial charge in [-0.25, -0.2) is 4.79 Å². The Balaban J connectivity index is 2.68. The molecule has 0 radical (unpaired) electrons. The van der Waals surface area contributed by atoms with Crippen LogP contribution in [0.2, 0.25) is 5.02 Å². The van der Waals surface area contributed by atoms with E-state index in [-0.39, 0.29) is 12.2 Å². The van der Waals surface area contributed by atoms with Gasteiger partial charge in [0.1, 0.15) is 5.60 Å². The Bertz CT molecular complexity index is 549.